The lowest BCUT2D eigenvalue weighted by molar-refractivity contribution is -0.116. The van der Waals surface area contributed by atoms with E-state index in [2.05, 4.69) is 10.6 Å². The second kappa shape index (κ2) is 11.9. The molecule has 0 aliphatic heterocycles. The highest BCUT2D eigenvalue weighted by Crippen LogP contribution is 2.22. The van der Waals surface area contributed by atoms with Crippen molar-refractivity contribution in [3.63, 3.8) is 0 Å². The minimum absolute atomic E-state index is 0.104. The fourth-order valence-electron chi connectivity index (χ4n) is 3.85. The number of amides is 2. The first-order valence-corrected chi connectivity index (χ1v) is 13.7. The van der Waals surface area contributed by atoms with Crippen molar-refractivity contribution < 1.29 is 18.0 Å². The van der Waals surface area contributed by atoms with Crippen LogP contribution in [0.3, 0.4) is 0 Å². The van der Waals surface area contributed by atoms with E-state index in [0.717, 1.165) is 22.9 Å². The van der Waals surface area contributed by atoms with Crippen LogP contribution in [-0.4, -0.2) is 33.0 Å². The highest BCUT2D eigenvalue weighted by atomic mass is 32.2. The van der Waals surface area contributed by atoms with Crippen LogP contribution in [0.1, 0.15) is 52.9 Å². The van der Waals surface area contributed by atoms with E-state index in [-0.39, 0.29) is 30.8 Å². The zero-order chi connectivity index (χ0) is 26.3. The molecule has 3 rings (SSSR count). The van der Waals surface area contributed by atoms with Crippen LogP contribution in [0.25, 0.3) is 0 Å². The molecule has 8 heteroatoms. The molecule has 0 saturated heterocycles. The van der Waals surface area contributed by atoms with E-state index in [1.807, 2.05) is 63.2 Å². The molecule has 190 valence electrons. The van der Waals surface area contributed by atoms with Crippen molar-refractivity contribution in [2.75, 3.05) is 22.4 Å². The van der Waals surface area contributed by atoms with E-state index in [9.17, 15) is 18.0 Å². The summed E-state index contributed by atoms with van der Waals surface area (Å²) in [5.41, 5.74) is 4.40. The highest BCUT2D eigenvalue weighted by Gasteiger charge is 2.19. The number of hydrogen-bond acceptors (Lipinski definition) is 4. The summed E-state index contributed by atoms with van der Waals surface area (Å²) >= 11 is 0. The first-order valence-electron chi connectivity index (χ1n) is 11.9. The molecule has 0 saturated carbocycles. The van der Waals surface area contributed by atoms with Gasteiger partial charge in [0.25, 0.3) is 5.91 Å². The minimum Gasteiger partial charge on any atom is -0.345 e. The van der Waals surface area contributed by atoms with Crippen LogP contribution < -0.4 is 14.9 Å². The standard InChI is InChI=1S/C28H33N3O4S/c1-20-16-17-24(19-21(20)2)31(36(4,34)35)18-10-15-27(32)30-26-14-9-8-13-25(26)28(33)29-22(3)23-11-6-5-7-12-23/h5-9,11-14,16-17,19,22H,10,15,18H2,1-4H3,(H,29,33)(H,30,32)/t22-/m0/s1. The van der Waals surface area contributed by atoms with Crippen LogP contribution in [-0.2, 0) is 14.8 Å². The summed E-state index contributed by atoms with van der Waals surface area (Å²) in [4.78, 5) is 25.6. The summed E-state index contributed by atoms with van der Waals surface area (Å²) in [6, 6.07) is 21.7. The van der Waals surface area contributed by atoms with Crippen LogP contribution in [0.4, 0.5) is 11.4 Å². The molecule has 0 bridgehead atoms. The van der Waals surface area contributed by atoms with Gasteiger partial charge in [0.15, 0.2) is 0 Å². The molecule has 2 amide bonds. The maximum absolute atomic E-state index is 12.9. The SMILES string of the molecule is Cc1ccc(N(CCCC(=O)Nc2ccccc2C(=O)N[C@@H](C)c2ccccc2)S(C)(=O)=O)cc1C. The summed E-state index contributed by atoms with van der Waals surface area (Å²) in [5.74, 6) is -0.583. The normalized spacial score (nSPS) is 12.0. The molecule has 3 aromatic rings. The second-order valence-electron chi connectivity index (χ2n) is 8.91. The Morgan fingerprint density at radius 1 is 0.917 bits per heavy atom. The Kier molecular flexibility index (Phi) is 8.88. The quantitative estimate of drug-likeness (QED) is 0.405. The van der Waals surface area contributed by atoms with Crippen LogP contribution in [0.15, 0.2) is 72.8 Å². The van der Waals surface area contributed by atoms with E-state index in [0.29, 0.717) is 23.4 Å². The molecule has 0 unspecified atom stereocenters. The fraction of sp³-hybridized carbons (Fsp3) is 0.286. The molecular formula is C28H33N3O4S. The number of carbonyl (C=O) groups is 2. The number of aryl methyl sites for hydroxylation is 2. The Hall–Kier alpha value is -3.65. The number of carbonyl (C=O) groups excluding carboxylic acids is 2. The zero-order valence-corrected chi connectivity index (χ0v) is 21.9. The zero-order valence-electron chi connectivity index (χ0n) is 21.1. The lowest BCUT2D eigenvalue weighted by Gasteiger charge is -2.23. The van der Waals surface area contributed by atoms with Gasteiger partial charge in [0.1, 0.15) is 0 Å². The number of nitrogens with one attached hydrogen (secondary N) is 2. The molecule has 0 aliphatic rings. The summed E-state index contributed by atoms with van der Waals surface area (Å²) in [6.45, 7) is 5.97. The van der Waals surface area contributed by atoms with Gasteiger partial charge in [-0.05, 0) is 68.1 Å². The monoisotopic (exact) mass is 507 g/mol. The fourth-order valence-corrected chi connectivity index (χ4v) is 4.81. The van der Waals surface area contributed by atoms with E-state index >= 15 is 0 Å². The van der Waals surface area contributed by atoms with Crippen molar-refractivity contribution in [1.29, 1.82) is 0 Å². The first kappa shape index (κ1) is 26.9. The maximum atomic E-state index is 12.9. The summed E-state index contributed by atoms with van der Waals surface area (Å²) in [6.07, 6.45) is 1.59. The molecule has 0 fully saturated rings. The van der Waals surface area contributed by atoms with Gasteiger partial charge in [-0.2, -0.15) is 0 Å². The predicted octanol–water partition coefficient (Wildman–Crippen LogP) is 4.98. The average molecular weight is 508 g/mol. The van der Waals surface area contributed by atoms with Crippen molar-refractivity contribution in [2.24, 2.45) is 0 Å². The smallest absolute Gasteiger partial charge is 0.253 e. The summed E-state index contributed by atoms with van der Waals surface area (Å²) in [7, 11) is -3.51. The first-order chi connectivity index (χ1) is 17.1. The van der Waals surface area contributed by atoms with Gasteiger partial charge in [-0.15, -0.1) is 0 Å². The van der Waals surface area contributed by atoms with Gasteiger partial charge in [0.2, 0.25) is 15.9 Å². The van der Waals surface area contributed by atoms with Crippen molar-refractivity contribution in [3.05, 3.63) is 95.1 Å². The van der Waals surface area contributed by atoms with Crippen LogP contribution in [0, 0.1) is 13.8 Å². The van der Waals surface area contributed by atoms with Gasteiger partial charge in [-0.25, -0.2) is 8.42 Å². The number of para-hydroxylation sites is 1. The van der Waals surface area contributed by atoms with E-state index in [4.69, 9.17) is 0 Å². The molecule has 2 N–H and O–H groups in total. The third-order valence-electron chi connectivity index (χ3n) is 6.04. The van der Waals surface area contributed by atoms with E-state index in [1.54, 1.807) is 30.3 Å². The van der Waals surface area contributed by atoms with Gasteiger partial charge in [-0.1, -0.05) is 48.5 Å². The minimum atomic E-state index is -3.51. The average Bonchev–Trinajstić information content (AvgIpc) is 2.83. The van der Waals surface area contributed by atoms with Crippen molar-refractivity contribution in [2.45, 2.75) is 39.7 Å². The number of sulfonamides is 1. The topological polar surface area (TPSA) is 95.6 Å². The second-order valence-corrected chi connectivity index (χ2v) is 10.8. The molecule has 0 spiro atoms. The Balaban J connectivity index is 1.62. The van der Waals surface area contributed by atoms with E-state index in [1.165, 1.54) is 4.31 Å². The number of anilines is 2. The van der Waals surface area contributed by atoms with Crippen LogP contribution >= 0.6 is 0 Å². The Morgan fingerprint density at radius 2 is 1.58 bits per heavy atom. The third kappa shape index (κ3) is 7.18. The lowest BCUT2D eigenvalue weighted by Crippen LogP contribution is -2.31. The van der Waals surface area contributed by atoms with Crippen LogP contribution in [0.5, 0.6) is 0 Å². The van der Waals surface area contributed by atoms with Crippen molar-refractivity contribution >= 4 is 33.2 Å². The van der Waals surface area contributed by atoms with Gasteiger partial charge >= 0.3 is 0 Å². The van der Waals surface area contributed by atoms with E-state index < -0.39 is 10.0 Å². The molecule has 1 atom stereocenters. The molecule has 0 heterocycles. The van der Waals surface area contributed by atoms with Gasteiger partial charge in [0.05, 0.1) is 29.2 Å². The number of benzene rings is 3. The third-order valence-corrected chi connectivity index (χ3v) is 7.23. The molecule has 0 aromatic heterocycles. The summed E-state index contributed by atoms with van der Waals surface area (Å²) in [5, 5.41) is 5.77. The summed E-state index contributed by atoms with van der Waals surface area (Å²) < 4.78 is 26.1. The molecular weight excluding hydrogens is 474 g/mol. The Labute approximate surface area is 213 Å². The van der Waals surface area contributed by atoms with Crippen molar-refractivity contribution in [3.8, 4) is 0 Å². The number of nitrogens with zero attached hydrogens (tertiary/aromatic N) is 1. The number of rotatable bonds is 10. The molecule has 36 heavy (non-hydrogen) atoms. The molecule has 0 aliphatic carbocycles. The van der Waals surface area contributed by atoms with Gasteiger partial charge < -0.3 is 10.6 Å². The molecule has 0 radical (unpaired) electrons. The van der Waals surface area contributed by atoms with Crippen molar-refractivity contribution in [1.82, 2.24) is 5.32 Å². The maximum Gasteiger partial charge on any atom is 0.253 e. The number of hydrogen-bond donors (Lipinski definition) is 2. The lowest BCUT2D eigenvalue weighted by atomic mass is 10.1. The highest BCUT2D eigenvalue weighted by molar-refractivity contribution is 7.92. The van der Waals surface area contributed by atoms with Crippen LogP contribution in [0.2, 0.25) is 0 Å². The molecule has 7 nitrogen and oxygen atoms in total. The Morgan fingerprint density at radius 3 is 2.25 bits per heavy atom. The Bertz CT molecular complexity index is 1320. The largest absolute Gasteiger partial charge is 0.345 e. The van der Waals surface area contributed by atoms with Gasteiger partial charge in [-0.3, -0.25) is 13.9 Å². The molecule has 3 aromatic carbocycles. The predicted molar refractivity (Wildman–Crippen MR) is 145 cm³/mol. The van der Waals surface area contributed by atoms with Gasteiger partial charge in [0, 0.05) is 13.0 Å².